The third kappa shape index (κ3) is 2.83. The number of nitrogens with zero attached hydrogens (tertiary/aromatic N) is 1. The lowest BCUT2D eigenvalue weighted by atomic mass is 9.85. The summed E-state index contributed by atoms with van der Waals surface area (Å²) in [4.78, 5) is 2.17. The van der Waals surface area contributed by atoms with E-state index >= 15 is 0 Å². The van der Waals surface area contributed by atoms with Crippen LogP contribution >= 0.6 is 0 Å². The minimum Gasteiger partial charge on any atom is -0.369 e. The van der Waals surface area contributed by atoms with E-state index in [4.69, 9.17) is 5.73 Å². The van der Waals surface area contributed by atoms with Crippen molar-refractivity contribution < 1.29 is 4.39 Å². The second-order valence-electron chi connectivity index (χ2n) is 5.96. The van der Waals surface area contributed by atoms with Crippen molar-refractivity contribution in [3.8, 4) is 0 Å². The number of benzene rings is 1. The fraction of sp³-hybridized carbons (Fsp3) is 0.600. The van der Waals surface area contributed by atoms with Crippen LogP contribution in [-0.4, -0.2) is 13.1 Å². The lowest BCUT2D eigenvalue weighted by molar-refractivity contribution is 0.325. The van der Waals surface area contributed by atoms with Crippen molar-refractivity contribution in [3.05, 3.63) is 29.6 Å². The van der Waals surface area contributed by atoms with Crippen molar-refractivity contribution in [3.63, 3.8) is 0 Å². The van der Waals surface area contributed by atoms with Crippen LogP contribution in [0.5, 0.6) is 0 Å². The average Bonchev–Trinajstić information content (AvgIpc) is 2.50. The van der Waals surface area contributed by atoms with Gasteiger partial charge in [-0.05, 0) is 36.3 Å². The van der Waals surface area contributed by atoms with Gasteiger partial charge in [0.1, 0.15) is 5.82 Å². The zero-order valence-corrected chi connectivity index (χ0v) is 11.4. The lowest BCUT2D eigenvalue weighted by Crippen LogP contribution is -2.27. The predicted molar refractivity (Wildman–Crippen MR) is 74.1 cm³/mol. The number of anilines is 1. The standard InChI is InChI=1S/C15H23FN2/c1-15(2)7-4-9-18(10-8-15)14-12(11-17)5-3-6-13(14)16/h3,5-6H,4,7-11,17H2,1-2H3. The highest BCUT2D eigenvalue weighted by molar-refractivity contribution is 5.55. The highest BCUT2D eigenvalue weighted by atomic mass is 19.1. The maximum atomic E-state index is 14.0. The van der Waals surface area contributed by atoms with Gasteiger partial charge in [-0.25, -0.2) is 4.39 Å². The Morgan fingerprint density at radius 1 is 1.28 bits per heavy atom. The second-order valence-corrected chi connectivity index (χ2v) is 5.96. The summed E-state index contributed by atoms with van der Waals surface area (Å²) < 4.78 is 14.0. The number of nitrogens with two attached hydrogens (primary N) is 1. The average molecular weight is 250 g/mol. The molecule has 0 aliphatic carbocycles. The summed E-state index contributed by atoms with van der Waals surface area (Å²) in [6.07, 6.45) is 3.42. The van der Waals surface area contributed by atoms with Crippen molar-refractivity contribution in [1.29, 1.82) is 0 Å². The van der Waals surface area contributed by atoms with E-state index in [9.17, 15) is 4.39 Å². The van der Waals surface area contributed by atoms with Crippen LogP contribution in [-0.2, 0) is 6.54 Å². The normalized spacial score (nSPS) is 19.7. The Kier molecular flexibility index (Phi) is 3.91. The van der Waals surface area contributed by atoms with Gasteiger partial charge in [-0.3, -0.25) is 0 Å². The Balaban J connectivity index is 2.26. The molecule has 0 spiro atoms. The summed E-state index contributed by atoms with van der Waals surface area (Å²) >= 11 is 0. The van der Waals surface area contributed by atoms with E-state index in [2.05, 4.69) is 18.7 Å². The largest absolute Gasteiger partial charge is 0.369 e. The maximum absolute atomic E-state index is 14.0. The first-order valence-electron chi connectivity index (χ1n) is 6.76. The Bertz CT molecular complexity index is 415. The van der Waals surface area contributed by atoms with E-state index in [1.165, 1.54) is 12.5 Å². The van der Waals surface area contributed by atoms with Gasteiger partial charge < -0.3 is 10.6 Å². The van der Waals surface area contributed by atoms with Crippen LogP contribution in [0.4, 0.5) is 10.1 Å². The van der Waals surface area contributed by atoms with Crippen molar-refractivity contribution in [2.24, 2.45) is 11.1 Å². The summed E-state index contributed by atoms with van der Waals surface area (Å²) in [5.74, 6) is -0.141. The molecule has 0 unspecified atom stereocenters. The molecule has 1 saturated heterocycles. The molecule has 1 heterocycles. The topological polar surface area (TPSA) is 29.3 Å². The quantitative estimate of drug-likeness (QED) is 0.872. The summed E-state index contributed by atoms with van der Waals surface area (Å²) in [7, 11) is 0. The molecule has 1 aromatic carbocycles. The first-order valence-corrected chi connectivity index (χ1v) is 6.76. The van der Waals surface area contributed by atoms with Crippen molar-refractivity contribution in [2.45, 2.75) is 39.7 Å². The molecule has 2 rings (SSSR count). The third-order valence-electron chi connectivity index (χ3n) is 3.95. The van der Waals surface area contributed by atoms with Crippen molar-refractivity contribution >= 4 is 5.69 Å². The molecule has 0 aromatic heterocycles. The molecule has 0 atom stereocenters. The minimum atomic E-state index is -0.141. The Morgan fingerprint density at radius 3 is 2.78 bits per heavy atom. The molecule has 1 fully saturated rings. The van der Waals surface area contributed by atoms with Crippen LogP contribution in [0.2, 0.25) is 0 Å². The van der Waals surface area contributed by atoms with Gasteiger partial charge in [-0.1, -0.05) is 26.0 Å². The Hall–Kier alpha value is -1.09. The van der Waals surface area contributed by atoms with Gasteiger partial charge in [-0.15, -0.1) is 0 Å². The lowest BCUT2D eigenvalue weighted by Gasteiger charge is -2.27. The molecule has 1 aromatic rings. The summed E-state index contributed by atoms with van der Waals surface area (Å²) in [6, 6.07) is 5.20. The van der Waals surface area contributed by atoms with Crippen LogP contribution in [0.3, 0.4) is 0 Å². The van der Waals surface area contributed by atoms with Crippen molar-refractivity contribution in [2.75, 3.05) is 18.0 Å². The molecule has 3 heteroatoms. The smallest absolute Gasteiger partial charge is 0.146 e. The number of halogens is 1. The summed E-state index contributed by atoms with van der Waals surface area (Å²) in [5.41, 5.74) is 7.72. The molecule has 1 aliphatic rings. The molecule has 100 valence electrons. The fourth-order valence-electron chi connectivity index (χ4n) is 2.73. The second kappa shape index (κ2) is 5.27. The Morgan fingerprint density at radius 2 is 2.06 bits per heavy atom. The molecule has 0 bridgehead atoms. The van der Waals surface area contributed by atoms with Gasteiger partial charge in [0.15, 0.2) is 0 Å². The number of hydrogen-bond donors (Lipinski definition) is 1. The van der Waals surface area contributed by atoms with E-state index in [-0.39, 0.29) is 5.82 Å². The molecule has 0 radical (unpaired) electrons. The zero-order chi connectivity index (χ0) is 13.2. The molecule has 2 nitrogen and oxygen atoms in total. The number of hydrogen-bond acceptors (Lipinski definition) is 2. The highest BCUT2D eigenvalue weighted by Gasteiger charge is 2.25. The molecule has 1 aliphatic heterocycles. The highest BCUT2D eigenvalue weighted by Crippen LogP contribution is 2.33. The third-order valence-corrected chi connectivity index (χ3v) is 3.95. The number of para-hydroxylation sites is 1. The first-order chi connectivity index (χ1) is 8.53. The van der Waals surface area contributed by atoms with Crippen LogP contribution < -0.4 is 10.6 Å². The number of rotatable bonds is 2. The monoisotopic (exact) mass is 250 g/mol. The molecular weight excluding hydrogens is 227 g/mol. The Labute approximate surface area is 109 Å². The SMILES string of the molecule is CC1(C)CCCN(c2c(F)cccc2CN)CC1. The minimum absolute atomic E-state index is 0.141. The molecule has 18 heavy (non-hydrogen) atoms. The van der Waals surface area contributed by atoms with Gasteiger partial charge in [0.25, 0.3) is 0 Å². The molecule has 0 amide bonds. The van der Waals surface area contributed by atoms with Crippen LogP contribution in [0.15, 0.2) is 18.2 Å². The first kappa shape index (κ1) is 13.3. The molecule has 0 saturated carbocycles. The van der Waals surface area contributed by atoms with Crippen LogP contribution in [0.25, 0.3) is 0 Å². The van der Waals surface area contributed by atoms with Gasteiger partial charge in [0, 0.05) is 19.6 Å². The molecular formula is C15H23FN2. The van der Waals surface area contributed by atoms with Gasteiger partial charge in [-0.2, -0.15) is 0 Å². The van der Waals surface area contributed by atoms with E-state index < -0.39 is 0 Å². The maximum Gasteiger partial charge on any atom is 0.146 e. The van der Waals surface area contributed by atoms with E-state index in [0.717, 1.165) is 37.2 Å². The van der Waals surface area contributed by atoms with E-state index in [1.54, 1.807) is 6.07 Å². The van der Waals surface area contributed by atoms with E-state index in [1.807, 2.05) is 6.07 Å². The molecule has 2 N–H and O–H groups in total. The van der Waals surface area contributed by atoms with Crippen LogP contribution in [0, 0.1) is 11.2 Å². The fourth-order valence-corrected chi connectivity index (χ4v) is 2.73. The van der Waals surface area contributed by atoms with Gasteiger partial charge in [0.05, 0.1) is 5.69 Å². The van der Waals surface area contributed by atoms with Gasteiger partial charge in [0.2, 0.25) is 0 Å². The summed E-state index contributed by atoms with van der Waals surface area (Å²) in [6.45, 7) is 6.83. The predicted octanol–water partition coefficient (Wildman–Crippen LogP) is 3.30. The van der Waals surface area contributed by atoms with E-state index in [0.29, 0.717) is 12.0 Å². The zero-order valence-electron chi connectivity index (χ0n) is 11.4. The van der Waals surface area contributed by atoms with Gasteiger partial charge >= 0.3 is 0 Å². The van der Waals surface area contributed by atoms with Crippen LogP contribution in [0.1, 0.15) is 38.7 Å². The summed E-state index contributed by atoms with van der Waals surface area (Å²) in [5, 5.41) is 0. The van der Waals surface area contributed by atoms with Crippen molar-refractivity contribution in [1.82, 2.24) is 0 Å².